The Hall–Kier alpha value is -2.69. The summed E-state index contributed by atoms with van der Waals surface area (Å²) in [4.78, 5) is 17.2. The van der Waals surface area contributed by atoms with Gasteiger partial charge in [-0.15, -0.1) is 0 Å². The van der Waals surface area contributed by atoms with Crippen LogP contribution in [0.3, 0.4) is 0 Å². The molecule has 0 atom stereocenters. The molecule has 0 bridgehead atoms. The minimum Gasteiger partial charge on any atom is -0.351 e. The minimum atomic E-state index is -0.251. The standard InChI is InChI=1S/C21H26N4O/c1-13-17(12-18(26)23-21(4,5)6)15(3)25-20(22-13)19(14(2)24-25)16-10-8-7-9-11-16/h7-11H,12H2,1-6H3,(H,23,26). The molecule has 26 heavy (non-hydrogen) atoms. The van der Waals surface area contributed by atoms with Crippen LogP contribution in [0, 0.1) is 20.8 Å². The van der Waals surface area contributed by atoms with E-state index in [1.807, 2.05) is 64.3 Å². The van der Waals surface area contributed by atoms with Crippen LogP contribution in [0.25, 0.3) is 16.8 Å². The molecule has 0 spiro atoms. The Bertz CT molecular complexity index is 965. The molecule has 5 heteroatoms. The average molecular weight is 350 g/mol. The molecule has 0 radical (unpaired) electrons. The maximum atomic E-state index is 12.4. The van der Waals surface area contributed by atoms with Crippen LogP contribution >= 0.6 is 0 Å². The Labute approximate surface area is 154 Å². The van der Waals surface area contributed by atoms with E-state index in [1.165, 1.54) is 0 Å². The quantitative estimate of drug-likeness (QED) is 0.782. The Morgan fingerprint density at radius 3 is 2.35 bits per heavy atom. The van der Waals surface area contributed by atoms with Crippen molar-refractivity contribution in [3.8, 4) is 11.1 Å². The lowest BCUT2D eigenvalue weighted by molar-refractivity contribution is -0.121. The van der Waals surface area contributed by atoms with Crippen molar-refractivity contribution in [3.05, 3.63) is 53.0 Å². The number of nitrogens with one attached hydrogen (secondary N) is 1. The molecule has 2 aromatic heterocycles. The summed E-state index contributed by atoms with van der Waals surface area (Å²) in [6.07, 6.45) is 0.303. The highest BCUT2D eigenvalue weighted by atomic mass is 16.1. The van der Waals surface area contributed by atoms with E-state index in [9.17, 15) is 4.79 Å². The highest BCUT2D eigenvalue weighted by Crippen LogP contribution is 2.29. The van der Waals surface area contributed by atoms with Gasteiger partial charge in [-0.3, -0.25) is 4.79 Å². The van der Waals surface area contributed by atoms with Gasteiger partial charge in [0.2, 0.25) is 5.91 Å². The average Bonchev–Trinajstić information content (AvgIpc) is 2.87. The molecule has 1 amide bonds. The van der Waals surface area contributed by atoms with Crippen LogP contribution in [0.15, 0.2) is 30.3 Å². The molecule has 0 unspecified atom stereocenters. The monoisotopic (exact) mass is 350 g/mol. The number of fused-ring (bicyclic) bond motifs is 1. The van der Waals surface area contributed by atoms with Gasteiger partial charge in [-0.25, -0.2) is 9.50 Å². The van der Waals surface area contributed by atoms with Crippen LogP contribution in [0.1, 0.15) is 43.4 Å². The summed E-state index contributed by atoms with van der Waals surface area (Å²) < 4.78 is 1.87. The van der Waals surface area contributed by atoms with Gasteiger partial charge in [0.15, 0.2) is 5.65 Å². The molecule has 136 valence electrons. The first-order valence-corrected chi connectivity index (χ1v) is 8.89. The summed E-state index contributed by atoms with van der Waals surface area (Å²) in [5.74, 6) is -0.00277. The maximum Gasteiger partial charge on any atom is 0.224 e. The molecule has 0 saturated carbocycles. The van der Waals surface area contributed by atoms with Gasteiger partial charge in [0, 0.05) is 28.1 Å². The summed E-state index contributed by atoms with van der Waals surface area (Å²) in [5.41, 5.74) is 6.43. The van der Waals surface area contributed by atoms with Gasteiger partial charge >= 0.3 is 0 Å². The van der Waals surface area contributed by atoms with Crippen molar-refractivity contribution in [1.29, 1.82) is 0 Å². The summed E-state index contributed by atoms with van der Waals surface area (Å²) in [6, 6.07) is 10.2. The molecule has 0 fully saturated rings. The van der Waals surface area contributed by atoms with Gasteiger partial charge in [-0.1, -0.05) is 30.3 Å². The number of benzene rings is 1. The van der Waals surface area contributed by atoms with Gasteiger partial charge in [0.25, 0.3) is 0 Å². The summed E-state index contributed by atoms with van der Waals surface area (Å²) in [7, 11) is 0. The van der Waals surface area contributed by atoms with Crippen LogP contribution in [0.4, 0.5) is 0 Å². The Balaban J connectivity index is 2.08. The fourth-order valence-electron chi connectivity index (χ4n) is 3.29. The van der Waals surface area contributed by atoms with E-state index in [1.54, 1.807) is 0 Å². The summed E-state index contributed by atoms with van der Waals surface area (Å²) >= 11 is 0. The van der Waals surface area contributed by atoms with E-state index in [2.05, 4.69) is 17.4 Å². The molecule has 0 aliphatic rings. The molecule has 1 aromatic carbocycles. The number of nitrogens with zero attached hydrogens (tertiary/aromatic N) is 3. The maximum absolute atomic E-state index is 12.4. The Morgan fingerprint density at radius 2 is 1.73 bits per heavy atom. The van der Waals surface area contributed by atoms with Crippen LogP contribution in [-0.2, 0) is 11.2 Å². The van der Waals surface area contributed by atoms with E-state index in [4.69, 9.17) is 10.1 Å². The van der Waals surface area contributed by atoms with E-state index >= 15 is 0 Å². The highest BCUT2D eigenvalue weighted by molar-refractivity contribution is 5.82. The number of hydrogen-bond acceptors (Lipinski definition) is 3. The molecule has 0 aliphatic heterocycles. The van der Waals surface area contributed by atoms with Gasteiger partial charge in [-0.05, 0) is 47.1 Å². The van der Waals surface area contributed by atoms with Crippen LogP contribution in [-0.4, -0.2) is 26.0 Å². The predicted octanol–water partition coefficient (Wildman–Crippen LogP) is 3.78. The zero-order valence-corrected chi connectivity index (χ0v) is 16.3. The van der Waals surface area contributed by atoms with Gasteiger partial charge < -0.3 is 5.32 Å². The van der Waals surface area contributed by atoms with E-state index in [0.717, 1.165) is 39.4 Å². The molecule has 3 aromatic rings. The van der Waals surface area contributed by atoms with Gasteiger partial charge in [0.05, 0.1) is 12.1 Å². The lowest BCUT2D eigenvalue weighted by atomic mass is 10.0. The number of carbonyl (C=O) groups is 1. The number of carbonyl (C=O) groups excluding carboxylic acids is 1. The molecule has 2 heterocycles. The first-order chi connectivity index (χ1) is 12.2. The minimum absolute atomic E-state index is 0.00277. The van der Waals surface area contributed by atoms with E-state index in [0.29, 0.717) is 6.42 Å². The zero-order chi connectivity index (χ0) is 19.1. The number of amides is 1. The normalized spacial score (nSPS) is 11.8. The Kier molecular flexibility index (Phi) is 4.57. The Morgan fingerprint density at radius 1 is 1.08 bits per heavy atom. The number of rotatable bonds is 3. The molecule has 3 rings (SSSR count). The van der Waals surface area contributed by atoms with Crippen molar-refractivity contribution in [1.82, 2.24) is 19.9 Å². The third-order valence-electron chi connectivity index (χ3n) is 4.42. The first-order valence-electron chi connectivity index (χ1n) is 8.89. The highest BCUT2D eigenvalue weighted by Gasteiger charge is 2.20. The van der Waals surface area contributed by atoms with Crippen molar-refractivity contribution in [3.63, 3.8) is 0 Å². The third kappa shape index (κ3) is 3.47. The molecular formula is C21H26N4O. The van der Waals surface area contributed by atoms with Crippen molar-refractivity contribution in [2.24, 2.45) is 0 Å². The largest absolute Gasteiger partial charge is 0.351 e. The number of hydrogen-bond donors (Lipinski definition) is 1. The van der Waals surface area contributed by atoms with Gasteiger partial charge in [-0.2, -0.15) is 5.10 Å². The van der Waals surface area contributed by atoms with Crippen molar-refractivity contribution in [2.75, 3.05) is 0 Å². The summed E-state index contributed by atoms with van der Waals surface area (Å²) in [5, 5.41) is 7.71. The molecular weight excluding hydrogens is 324 g/mol. The molecule has 0 aliphatic carbocycles. The van der Waals surface area contributed by atoms with Crippen LogP contribution in [0.2, 0.25) is 0 Å². The fraction of sp³-hybridized carbons (Fsp3) is 0.381. The second-order valence-electron chi connectivity index (χ2n) is 7.80. The van der Waals surface area contributed by atoms with E-state index < -0.39 is 0 Å². The lowest BCUT2D eigenvalue weighted by Crippen LogP contribution is -2.41. The van der Waals surface area contributed by atoms with Crippen LogP contribution in [0.5, 0.6) is 0 Å². The molecule has 1 N–H and O–H groups in total. The van der Waals surface area contributed by atoms with E-state index in [-0.39, 0.29) is 11.4 Å². The molecule has 5 nitrogen and oxygen atoms in total. The lowest BCUT2D eigenvalue weighted by Gasteiger charge is -2.21. The number of aromatic nitrogens is 3. The number of aryl methyl sites for hydroxylation is 3. The smallest absolute Gasteiger partial charge is 0.224 e. The second-order valence-corrected chi connectivity index (χ2v) is 7.80. The van der Waals surface area contributed by atoms with Gasteiger partial charge in [0.1, 0.15) is 0 Å². The second kappa shape index (κ2) is 6.56. The van der Waals surface area contributed by atoms with Crippen molar-refractivity contribution < 1.29 is 4.79 Å². The summed E-state index contributed by atoms with van der Waals surface area (Å²) in [6.45, 7) is 11.9. The van der Waals surface area contributed by atoms with Crippen molar-refractivity contribution >= 4 is 11.6 Å². The van der Waals surface area contributed by atoms with Crippen LogP contribution < -0.4 is 5.32 Å². The SMILES string of the molecule is Cc1nc2c(-c3ccccc3)c(C)nn2c(C)c1CC(=O)NC(C)(C)C. The topological polar surface area (TPSA) is 59.3 Å². The van der Waals surface area contributed by atoms with Crippen molar-refractivity contribution in [2.45, 2.75) is 53.5 Å². The first kappa shape index (κ1) is 18.1. The predicted molar refractivity (Wildman–Crippen MR) is 104 cm³/mol. The molecule has 0 saturated heterocycles. The fourth-order valence-corrected chi connectivity index (χ4v) is 3.29. The third-order valence-corrected chi connectivity index (χ3v) is 4.42. The zero-order valence-electron chi connectivity index (χ0n) is 16.3.